The van der Waals surface area contributed by atoms with Crippen molar-refractivity contribution in [2.24, 2.45) is 0 Å². The maximum absolute atomic E-state index is 5.70. The first kappa shape index (κ1) is 9.47. The number of nitrogens with two attached hydrogens (primary N) is 1. The first-order chi connectivity index (χ1) is 6.19. The van der Waals surface area contributed by atoms with E-state index in [4.69, 9.17) is 12.2 Å². The van der Waals surface area contributed by atoms with E-state index in [1.165, 1.54) is 0 Å². The summed E-state index contributed by atoms with van der Waals surface area (Å²) in [5, 5.41) is 0. The van der Waals surface area contributed by atoms with Crippen molar-refractivity contribution in [3.8, 4) is 12.5 Å². The molecule has 2 heteroatoms. The highest BCUT2D eigenvalue weighted by molar-refractivity contribution is 5.60. The molecule has 0 heterocycles. The van der Waals surface area contributed by atoms with Crippen LogP contribution in [0.2, 0.25) is 0 Å². The molecule has 68 valence electrons. The standard InChI is InChI=1S/C11H14N2/c1-4-13(5-2)10-6-7-11(12)9(3)8-10/h1,6-8H,5,12H2,2-3H3. The fraction of sp³-hybridized carbons (Fsp3) is 0.273. The number of rotatable bonds is 2. The van der Waals surface area contributed by atoms with Gasteiger partial charge in [-0.15, -0.1) is 0 Å². The molecule has 2 N–H and O–H groups in total. The number of hydrogen-bond acceptors (Lipinski definition) is 2. The van der Waals surface area contributed by atoms with Gasteiger partial charge >= 0.3 is 0 Å². The van der Waals surface area contributed by atoms with Crippen molar-refractivity contribution in [3.63, 3.8) is 0 Å². The first-order valence-electron chi connectivity index (χ1n) is 4.29. The van der Waals surface area contributed by atoms with Crippen LogP contribution >= 0.6 is 0 Å². The van der Waals surface area contributed by atoms with Crippen molar-refractivity contribution < 1.29 is 0 Å². The van der Waals surface area contributed by atoms with E-state index in [2.05, 4.69) is 6.04 Å². The van der Waals surface area contributed by atoms with E-state index >= 15 is 0 Å². The van der Waals surface area contributed by atoms with E-state index in [1.54, 1.807) is 0 Å². The summed E-state index contributed by atoms with van der Waals surface area (Å²) in [4.78, 5) is 1.84. The highest BCUT2D eigenvalue weighted by atomic mass is 15.1. The van der Waals surface area contributed by atoms with Crippen LogP contribution in [0.3, 0.4) is 0 Å². The quantitative estimate of drug-likeness (QED) is 0.422. The third-order valence-electron chi connectivity index (χ3n) is 2.04. The number of nitrogen functional groups attached to an aromatic ring is 1. The number of aryl methyl sites for hydroxylation is 1. The van der Waals surface area contributed by atoms with Crippen LogP contribution in [-0.2, 0) is 0 Å². The average Bonchev–Trinajstić information content (AvgIpc) is 2.13. The molecule has 0 aliphatic rings. The highest BCUT2D eigenvalue weighted by Crippen LogP contribution is 2.19. The monoisotopic (exact) mass is 174 g/mol. The topological polar surface area (TPSA) is 29.3 Å². The molecule has 13 heavy (non-hydrogen) atoms. The molecule has 1 aromatic rings. The predicted molar refractivity (Wildman–Crippen MR) is 57.4 cm³/mol. The lowest BCUT2D eigenvalue weighted by atomic mass is 10.2. The zero-order valence-corrected chi connectivity index (χ0v) is 8.04. The van der Waals surface area contributed by atoms with Crippen LogP contribution in [0.15, 0.2) is 18.2 Å². The average molecular weight is 174 g/mol. The second kappa shape index (κ2) is 3.86. The summed E-state index contributed by atoms with van der Waals surface area (Å²) in [5.74, 6) is 0. The van der Waals surface area contributed by atoms with Crippen LogP contribution in [0.1, 0.15) is 12.5 Å². The second-order valence-corrected chi connectivity index (χ2v) is 2.91. The van der Waals surface area contributed by atoms with Crippen molar-refractivity contribution in [2.45, 2.75) is 13.8 Å². The third-order valence-corrected chi connectivity index (χ3v) is 2.04. The van der Waals surface area contributed by atoms with Gasteiger partial charge in [0.2, 0.25) is 0 Å². The molecule has 0 fully saturated rings. The molecule has 0 aliphatic heterocycles. The molecule has 0 unspecified atom stereocenters. The molecule has 0 radical (unpaired) electrons. The second-order valence-electron chi connectivity index (χ2n) is 2.91. The maximum atomic E-state index is 5.70. The Hall–Kier alpha value is -1.62. The van der Waals surface area contributed by atoms with Crippen LogP contribution in [0.4, 0.5) is 11.4 Å². The normalized spacial score (nSPS) is 9.31. The van der Waals surface area contributed by atoms with Crippen LogP contribution in [0.5, 0.6) is 0 Å². The predicted octanol–water partition coefficient (Wildman–Crippen LogP) is 1.99. The summed E-state index contributed by atoms with van der Waals surface area (Å²) in [6.45, 7) is 4.80. The zero-order chi connectivity index (χ0) is 9.84. The van der Waals surface area contributed by atoms with Crippen molar-refractivity contribution in [2.75, 3.05) is 17.2 Å². The fourth-order valence-corrected chi connectivity index (χ4v) is 1.18. The van der Waals surface area contributed by atoms with Crippen molar-refractivity contribution in [1.82, 2.24) is 0 Å². The smallest absolute Gasteiger partial charge is 0.0493 e. The van der Waals surface area contributed by atoms with Crippen LogP contribution in [-0.4, -0.2) is 6.54 Å². The molecule has 0 aromatic heterocycles. The molecule has 0 aliphatic carbocycles. The molecule has 0 bridgehead atoms. The summed E-state index contributed by atoms with van der Waals surface area (Å²) in [6.07, 6.45) is 5.35. The molecule has 0 atom stereocenters. The number of anilines is 2. The molecule has 1 aromatic carbocycles. The lowest BCUT2D eigenvalue weighted by Crippen LogP contribution is -2.15. The molecule has 0 saturated carbocycles. The molecule has 1 rings (SSSR count). The molecule has 0 amide bonds. The van der Waals surface area contributed by atoms with E-state index in [9.17, 15) is 0 Å². The van der Waals surface area contributed by atoms with Crippen LogP contribution < -0.4 is 10.6 Å². The van der Waals surface area contributed by atoms with Gasteiger partial charge in [-0.3, -0.25) is 0 Å². The van der Waals surface area contributed by atoms with Gasteiger partial charge in [0.25, 0.3) is 0 Å². The minimum absolute atomic E-state index is 0.803. The Morgan fingerprint density at radius 1 is 1.54 bits per heavy atom. The van der Waals surface area contributed by atoms with Gasteiger partial charge in [0.05, 0.1) is 0 Å². The molecule has 2 nitrogen and oxygen atoms in total. The van der Waals surface area contributed by atoms with Gasteiger partial charge in [0.1, 0.15) is 0 Å². The van der Waals surface area contributed by atoms with E-state index in [-0.39, 0.29) is 0 Å². The summed E-state index contributed by atoms with van der Waals surface area (Å²) < 4.78 is 0. The van der Waals surface area contributed by atoms with E-state index in [0.717, 1.165) is 23.5 Å². The van der Waals surface area contributed by atoms with Gasteiger partial charge in [-0.05, 0) is 37.6 Å². The fourth-order valence-electron chi connectivity index (χ4n) is 1.18. The minimum Gasteiger partial charge on any atom is -0.399 e. The van der Waals surface area contributed by atoms with Gasteiger partial charge in [-0.1, -0.05) is 6.42 Å². The SMILES string of the molecule is C#CN(CC)c1ccc(N)c(C)c1. The largest absolute Gasteiger partial charge is 0.399 e. The van der Waals surface area contributed by atoms with Gasteiger partial charge in [0, 0.05) is 24.0 Å². The van der Waals surface area contributed by atoms with Crippen LogP contribution in [0, 0.1) is 19.4 Å². The van der Waals surface area contributed by atoms with Crippen LogP contribution in [0.25, 0.3) is 0 Å². The van der Waals surface area contributed by atoms with Crippen molar-refractivity contribution in [1.29, 1.82) is 0 Å². The highest BCUT2D eigenvalue weighted by Gasteiger charge is 2.01. The Balaban J connectivity index is 3.04. The Labute approximate surface area is 79.4 Å². The van der Waals surface area contributed by atoms with Crippen molar-refractivity contribution in [3.05, 3.63) is 23.8 Å². The number of terminal acetylenes is 1. The van der Waals surface area contributed by atoms with Crippen molar-refractivity contribution >= 4 is 11.4 Å². The molecular weight excluding hydrogens is 160 g/mol. The Morgan fingerprint density at radius 2 is 2.23 bits per heavy atom. The van der Waals surface area contributed by atoms with E-state index in [0.29, 0.717) is 0 Å². The third kappa shape index (κ3) is 1.94. The van der Waals surface area contributed by atoms with E-state index in [1.807, 2.05) is 36.9 Å². The van der Waals surface area contributed by atoms with Gasteiger partial charge in [-0.2, -0.15) is 0 Å². The summed E-state index contributed by atoms with van der Waals surface area (Å²) in [7, 11) is 0. The zero-order valence-electron chi connectivity index (χ0n) is 8.04. The maximum Gasteiger partial charge on any atom is 0.0493 e. The Morgan fingerprint density at radius 3 is 2.69 bits per heavy atom. The molecule has 0 spiro atoms. The molecule has 0 saturated heterocycles. The lowest BCUT2D eigenvalue weighted by molar-refractivity contribution is 1.04. The number of nitrogens with zero attached hydrogens (tertiary/aromatic N) is 1. The minimum atomic E-state index is 0.803. The number of benzene rings is 1. The van der Waals surface area contributed by atoms with Gasteiger partial charge in [0.15, 0.2) is 0 Å². The molecular formula is C11H14N2. The summed E-state index contributed by atoms with van der Waals surface area (Å²) in [5.41, 5.74) is 8.59. The summed E-state index contributed by atoms with van der Waals surface area (Å²) in [6, 6.07) is 8.42. The Kier molecular flexibility index (Phi) is 2.81. The van der Waals surface area contributed by atoms with Gasteiger partial charge in [-0.25, -0.2) is 0 Å². The first-order valence-corrected chi connectivity index (χ1v) is 4.29. The summed E-state index contributed by atoms with van der Waals surface area (Å²) >= 11 is 0. The Bertz CT molecular complexity index is 336. The van der Waals surface area contributed by atoms with E-state index < -0.39 is 0 Å². The van der Waals surface area contributed by atoms with Gasteiger partial charge < -0.3 is 10.6 Å². The lowest BCUT2D eigenvalue weighted by Gasteiger charge is -2.15. The number of hydrogen-bond donors (Lipinski definition) is 1.